The first-order valence-corrected chi connectivity index (χ1v) is 9.16. The van der Waals surface area contributed by atoms with Crippen molar-refractivity contribution in [3.8, 4) is 0 Å². The van der Waals surface area contributed by atoms with E-state index in [-0.39, 0.29) is 36.3 Å². The predicted octanol–water partition coefficient (Wildman–Crippen LogP) is 2.59. The highest BCUT2D eigenvalue weighted by Crippen LogP contribution is 2.17. The normalized spacial score (nSPS) is 15.1. The third-order valence-corrected chi connectivity index (χ3v) is 4.29. The fourth-order valence-corrected chi connectivity index (χ4v) is 2.89. The van der Waals surface area contributed by atoms with Crippen LogP contribution in [0.25, 0.3) is 0 Å². The average Bonchev–Trinajstić information content (AvgIpc) is 2.67. The lowest BCUT2D eigenvalue weighted by Gasteiger charge is -2.25. The molecule has 0 aliphatic heterocycles. The molecule has 9 heteroatoms. The van der Waals surface area contributed by atoms with Crippen LogP contribution < -0.4 is 10.6 Å². The molecule has 1 saturated carbocycles. The monoisotopic (exact) mass is 492 g/mol. The van der Waals surface area contributed by atoms with E-state index in [1.807, 2.05) is 0 Å². The van der Waals surface area contributed by atoms with Crippen LogP contribution in [0.1, 0.15) is 37.7 Å². The molecule has 0 spiro atoms. The number of ether oxygens (including phenoxy) is 1. The van der Waals surface area contributed by atoms with Crippen molar-refractivity contribution in [2.45, 2.75) is 44.7 Å². The van der Waals surface area contributed by atoms with Crippen molar-refractivity contribution in [3.05, 3.63) is 39.9 Å². The second-order valence-electron chi connectivity index (χ2n) is 6.33. The van der Waals surface area contributed by atoms with Crippen LogP contribution in [0.15, 0.2) is 29.3 Å². The molecule has 1 aromatic carbocycles. The van der Waals surface area contributed by atoms with Gasteiger partial charge in [0, 0.05) is 24.7 Å². The van der Waals surface area contributed by atoms with Crippen LogP contribution in [0.3, 0.4) is 0 Å². The van der Waals surface area contributed by atoms with E-state index in [0.717, 1.165) is 24.4 Å². The summed E-state index contributed by atoms with van der Waals surface area (Å²) in [6, 6.07) is 6.86. The summed E-state index contributed by atoms with van der Waals surface area (Å²) in [6.07, 6.45) is 6.02. The van der Waals surface area contributed by atoms with Crippen molar-refractivity contribution in [2.24, 2.45) is 4.99 Å². The van der Waals surface area contributed by atoms with Crippen molar-refractivity contribution in [1.29, 1.82) is 0 Å². The van der Waals surface area contributed by atoms with Crippen molar-refractivity contribution >= 4 is 35.6 Å². The maximum Gasteiger partial charge on any atom is 0.269 e. The molecule has 1 aliphatic carbocycles. The van der Waals surface area contributed by atoms with Gasteiger partial charge < -0.3 is 20.5 Å². The maximum absolute atomic E-state index is 10.7. The summed E-state index contributed by atoms with van der Waals surface area (Å²) < 4.78 is 5.26. The van der Waals surface area contributed by atoms with Gasteiger partial charge >= 0.3 is 0 Å². The summed E-state index contributed by atoms with van der Waals surface area (Å²) in [5.41, 5.74) is 0.995. The number of nitro groups is 1. The van der Waals surface area contributed by atoms with E-state index in [0.29, 0.717) is 32.3 Å². The van der Waals surface area contributed by atoms with Gasteiger partial charge in [0.2, 0.25) is 0 Å². The van der Waals surface area contributed by atoms with Gasteiger partial charge in [-0.05, 0) is 18.4 Å². The second-order valence-corrected chi connectivity index (χ2v) is 6.33. The highest BCUT2D eigenvalue weighted by molar-refractivity contribution is 14.0. The lowest BCUT2D eigenvalue weighted by atomic mass is 9.96. The molecule has 0 amide bonds. The number of nitrogens with zero attached hydrogens (tertiary/aromatic N) is 2. The van der Waals surface area contributed by atoms with Gasteiger partial charge in [-0.1, -0.05) is 31.4 Å². The number of rotatable bonds is 9. The Bertz CT molecular complexity index is 577. The first-order valence-electron chi connectivity index (χ1n) is 9.16. The van der Waals surface area contributed by atoms with Gasteiger partial charge in [-0.3, -0.25) is 10.1 Å². The van der Waals surface area contributed by atoms with E-state index in [9.17, 15) is 10.1 Å². The molecule has 2 rings (SSSR count). The van der Waals surface area contributed by atoms with Gasteiger partial charge in [0.15, 0.2) is 5.96 Å². The van der Waals surface area contributed by atoms with Gasteiger partial charge in [0.25, 0.3) is 5.69 Å². The minimum atomic E-state index is -0.406. The Morgan fingerprint density at radius 1 is 1.22 bits per heavy atom. The standard InChI is InChI=1S/C18H28N4O4.HI/c23-11-13-26-12-10-19-18(21-16-4-2-1-3-5-16)20-14-15-6-8-17(9-7-15)22(24)25;/h6-9,16,23H,1-5,10-14H2,(H2,19,20,21);1H. The summed E-state index contributed by atoms with van der Waals surface area (Å²) in [4.78, 5) is 14.9. The van der Waals surface area contributed by atoms with Crippen LogP contribution in [0.5, 0.6) is 0 Å². The average molecular weight is 492 g/mol. The van der Waals surface area contributed by atoms with Gasteiger partial charge in [0.05, 0.1) is 31.3 Å². The minimum Gasteiger partial charge on any atom is -0.394 e. The van der Waals surface area contributed by atoms with Crippen LogP contribution in [-0.4, -0.2) is 48.4 Å². The number of nitrogens with one attached hydrogen (secondary N) is 2. The van der Waals surface area contributed by atoms with Crippen LogP contribution in [0.4, 0.5) is 5.69 Å². The van der Waals surface area contributed by atoms with E-state index in [4.69, 9.17) is 9.84 Å². The number of aliphatic imine (C=N–C) groups is 1. The smallest absolute Gasteiger partial charge is 0.269 e. The number of hydrogen-bond donors (Lipinski definition) is 3. The number of aliphatic hydroxyl groups excluding tert-OH is 1. The molecule has 1 aromatic rings. The highest BCUT2D eigenvalue weighted by atomic mass is 127. The fourth-order valence-electron chi connectivity index (χ4n) is 2.89. The SMILES string of the molecule is I.O=[N+]([O-])c1ccc(CN=C(NCCOCCO)NC2CCCCC2)cc1. The molecule has 3 N–H and O–H groups in total. The Balaban J connectivity index is 0.00000364. The Hall–Kier alpha value is -1.46. The van der Waals surface area contributed by atoms with Gasteiger partial charge in [0.1, 0.15) is 0 Å². The minimum absolute atomic E-state index is 0. The number of hydrogen-bond acceptors (Lipinski definition) is 5. The van der Waals surface area contributed by atoms with Crippen LogP contribution in [0, 0.1) is 10.1 Å². The fraction of sp³-hybridized carbons (Fsp3) is 0.611. The first kappa shape index (κ1) is 23.6. The number of aliphatic hydroxyl groups is 1. The summed E-state index contributed by atoms with van der Waals surface area (Å²) in [6.45, 7) is 1.87. The molecule has 0 saturated heterocycles. The summed E-state index contributed by atoms with van der Waals surface area (Å²) >= 11 is 0. The topological polar surface area (TPSA) is 109 Å². The molecule has 0 unspecified atom stereocenters. The number of halogens is 1. The van der Waals surface area contributed by atoms with Crippen molar-refractivity contribution in [1.82, 2.24) is 10.6 Å². The quantitative estimate of drug-likeness (QED) is 0.122. The molecule has 0 aromatic heterocycles. The molecule has 0 bridgehead atoms. The zero-order valence-corrected chi connectivity index (χ0v) is 17.8. The van der Waals surface area contributed by atoms with E-state index in [1.54, 1.807) is 12.1 Å². The molecule has 152 valence electrons. The first-order chi connectivity index (χ1) is 12.7. The van der Waals surface area contributed by atoms with Gasteiger partial charge in [-0.2, -0.15) is 0 Å². The Labute approximate surface area is 177 Å². The van der Waals surface area contributed by atoms with Crippen LogP contribution >= 0.6 is 24.0 Å². The molecule has 0 atom stereocenters. The number of non-ortho nitro benzene ring substituents is 1. The Morgan fingerprint density at radius 3 is 2.56 bits per heavy atom. The van der Waals surface area contributed by atoms with E-state index in [1.165, 1.54) is 31.4 Å². The summed E-state index contributed by atoms with van der Waals surface area (Å²) in [5.74, 6) is 0.725. The number of guanidine groups is 1. The third-order valence-electron chi connectivity index (χ3n) is 4.29. The second kappa shape index (κ2) is 13.7. The molecule has 27 heavy (non-hydrogen) atoms. The lowest BCUT2D eigenvalue weighted by Crippen LogP contribution is -2.45. The molecule has 1 aliphatic rings. The number of nitro benzene ring substituents is 1. The van der Waals surface area contributed by atoms with Gasteiger partial charge in [-0.15, -0.1) is 24.0 Å². The van der Waals surface area contributed by atoms with E-state index >= 15 is 0 Å². The molecule has 8 nitrogen and oxygen atoms in total. The summed E-state index contributed by atoms with van der Waals surface area (Å²) in [5, 5.41) is 26.2. The van der Waals surface area contributed by atoms with Crippen molar-refractivity contribution < 1.29 is 14.8 Å². The maximum atomic E-state index is 10.7. The largest absolute Gasteiger partial charge is 0.394 e. The molecule has 1 fully saturated rings. The van der Waals surface area contributed by atoms with Gasteiger partial charge in [-0.25, -0.2) is 4.99 Å². The molecule has 0 radical (unpaired) electrons. The number of benzene rings is 1. The Morgan fingerprint density at radius 2 is 1.93 bits per heavy atom. The van der Waals surface area contributed by atoms with E-state index in [2.05, 4.69) is 15.6 Å². The van der Waals surface area contributed by atoms with Crippen molar-refractivity contribution in [2.75, 3.05) is 26.4 Å². The Kier molecular flexibility index (Phi) is 11.9. The predicted molar refractivity (Wildman–Crippen MR) is 116 cm³/mol. The molecular formula is C18H29IN4O4. The highest BCUT2D eigenvalue weighted by Gasteiger charge is 2.14. The molecular weight excluding hydrogens is 463 g/mol. The lowest BCUT2D eigenvalue weighted by molar-refractivity contribution is -0.384. The summed E-state index contributed by atoms with van der Waals surface area (Å²) in [7, 11) is 0. The third kappa shape index (κ3) is 9.34. The zero-order chi connectivity index (χ0) is 18.6. The van der Waals surface area contributed by atoms with Crippen LogP contribution in [-0.2, 0) is 11.3 Å². The molecule has 0 heterocycles. The van der Waals surface area contributed by atoms with E-state index < -0.39 is 4.92 Å². The van der Waals surface area contributed by atoms with Crippen LogP contribution in [0.2, 0.25) is 0 Å². The van der Waals surface area contributed by atoms with Crippen molar-refractivity contribution in [3.63, 3.8) is 0 Å². The zero-order valence-electron chi connectivity index (χ0n) is 15.4.